The summed E-state index contributed by atoms with van der Waals surface area (Å²) in [7, 11) is 1.72. The zero-order valence-electron chi connectivity index (χ0n) is 14.3. The summed E-state index contributed by atoms with van der Waals surface area (Å²) in [6.45, 7) is 7.19. The predicted octanol–water partition coefficient (Wildman–Crippen LogP) is 3.50. The van der Waals surface area contributed by atoms with Gasteiger partial charge in [-0.25, -0.2) is 0 Å². The maximum absolute atomic E-state index is 5.87. The van der Waals surface area contributed by atoms with Crippen molar-refractivity contribution in [2.45, 2.75) is 39.3 Å². The highest BCUT2D eigenvalue weighted by atomic mass is 127. The van der Waals surface area contributed by atoms with Crippen LogP contribution in [0.25, 0.3) is 0 Å². The average Bonchev–Trinajstić information content (AvgIpc) is 2.98. The van der Waals surface area contributed by atoms with Crippen LogP contribution in [0.4, 0.5) is 0 Å². The van der Waals surface area contributed by atoms with Crippen molar-refractivity contribution >= 4 is 41.5 Å². The molecule has 132 valence electrons. The Bertz CT molecular complexity index is 664. The van der Waals surface area contributed by atoms with Gasteiger partial charge in [-0.15, -0.1) is 24.0 Å². The molecule has 8 heteroatoms. The molecule has 0 spiro atoms. The molecule has 0 saturated heterocycles. The fourth-order valence-corrected chi connectivity index (χ4v) is 1.93. The fourth-order valence-electron chi connectivity index (χ4n) is 1.80. The van der Waals surface area contributed by atoms with Gasteiger partial charge >= 0.3 is 0 Å². The Balaban J connectivity index is 0.00000288. The van der Waals surface area contributed by atoms with E-state index in [0.29, 0.717) is 30.8 Å². The second-order valence-electron chi connectivity index (χ2n) is 6.17. The van der Waals surface area contributed by atoms with Crippen molar-refractivity contribution in [1.82, 2.24) is 20.8 Å². The molecule has 6 nitrogen and oxygen atoms in total. The van der Waals surface area contributed by atoms with Crippen molar-refractivity contribution in [3.05, 3.63) is 46.6 Å². The Kier molecular flexibility index (Phi) is 7.95. The Labute approximate surface area is 164 Å². The summed E-state index contributed by atoms with van der Waals surface area (Å²) in [6.07, 6.45) is 0. The molecule has 0 radical (unpaired) electrons. The van der Waals surface area contributed by atoms with Crippen LogP contribution in [-0.2, 0) is 18.5 Å². The third kappa shape index (κ3) is 6.27. The number of aliphatic imine (C=N–C) groups is 1. The van der Waals surface area contributed by atoms with E-state index >= 15 is 0 Å². The number of hydrogen-bond donors (Lipinski definition) is 2. The second-order valence-corrected chi connectivity index (χ2v) is 6.61. The van der Waals surface area contributed by atoms with Gasteiger partial charge < -0.3 is 15.2 Å². The molecule has 0 amide bonds. The van der Waals surface area contributed by atoms with Gasteiger partial charge in [0.2, 0.25) is 5.89 Å². The first-order chi connectivity index (χ1) is 10.9. The Morgan fingerprint density at radius 3 is 2.33 bits per heavy atom. The fraction of sp³-hybridized carbons (Fsp3) is 0.438. The Morgan fingerprint density at radius 2 is 1.79 bits per heavy atom. The van der Waals surface area contributed by atoms with Gasteiger partial charge in [-0.3, -0.25) is 4.99 Å². The molecule has 1 heterocycles. The molecule has 0 unspecified atom stereocenters. The van der Waals surface area contributed by atoms with Crippen molar-refractivity contribution in [3.8, 4) is 0 Å². The quantitative estimate of drug-likeness (QED) is 0.412. The Morgan fingerprint density at radius 1 is 1.17 bits per heavy atom. The third-order valence-electron chi connectivity index (χ3n) is 3.12. The van der Waals surface area contributed by atoms with Crippen molar-refractivity contribution in [2.75, 3.05) is 7.05 Å². The smallest absolute Gasteiger partial charge is 0.232 e. The molecule has 2 N–H and O–H groups in total. The molecule has 0 aliphatic carbocycles. The predicted molar refractivity (Wildman–Crippen MR) is 107 cm³/mol. The lowest BCUT2D eigenvalue weighted by Crippen LogP contribution is -2.36. The van der Waals surface area contributed by atoms with Crippen LogP contribution < -0.4 is 10.6 Å². The summed E-state index contributed by atoms with van der Waals surface area (Å²) < 4.78 is 5.26. The summed E-state index contributed by atoms with van der Waals surface area (Å²) in [4.78, 5) is 8.55. The minimum absolute atomic E-state index is 0. The topological polar surface area (TPSA) is 75.3 Å². The first-order valence-corrected chi connectivity index (χ1v) is 7.78. The molecular formula is C16H23ClIN5O. The third-order valence-corrected chi connectivity index (χ3v) is 3.37. The number of benzene rings is 1. The molecule has 1 aromatic carbocycles. The van der Waals surface area contributed by atoms with E-state index in [9.17, 15) is 0 Å². The van der Waals surface area contributed by atoms with Crippen LogP contribution in [0, 0.1) is 0 Å². The van der Waals surface area contributed by atoms with Gasteiger partial charge in [-0.1, -0.05) is 49.7 Å². The molecule has 0 fully saturated rings. The first-order valence-electron chi connectivity index (χ1n) is 7.40. The molecule has 0 atom stereocenters. The number of nitrogens with one attached hydrogen (secondary N) is 2. The lowest BCUT2D eigenvalue weighted by Gasteiger charge is -2.11. The standard InChI is InChI=1S/C16H22ClN5O.HI/c1-16(2,3)14-21-13(22-23-14)10-20-15(18-4)19-9-11-5-7-12(17)8-6-11;/h5-8H,9-10H2,1-4H3,(H2,18,19,20);1H. The van der Waals surface area contributed by atoms with Crippen molar-refractivity contribution in [3.63, 3.8) is 0 Å². The summed E-state index contributed by atoms with van der Waals surface area (Å²) >= 11 is 5.87. The number of rotatable bonds is 4. The van der Waals surface area contributed by atoms with Crippen LogP contribution in [0.5, 0.6) is 0 Å². The Hall–Kier alpha value is -1.35. The van der Waals surface area contributed by atoms with E-state index in [1.54, 1.807) is 7.05 Å². The van der Waals surface area contributed by atoms with Crippen LogP contribution in [0.2, 0.25) is 5.02 Å². The van der Waals surface area contributed by atoms with Gasteiger partial charge in [0, 0.05) is 24.0 Å². The number of hydrogen-bond acceptors (Lipinski definition) is 4. The van der Waals surface area contributed by atoms with Gasteiger partial charge in [0.25, 0.3) is 0 Å². The summed E-state index contributed by atoms with van der Waals surface area (Å²) in [5, 5.41) is 11.1. The first kappa shape index (κ1) is 20.7. The van der Waals surface area contributed by atoms with Gasteiger partial charge in [0.15, 0.2) is 11.8 Å². The normalized spacial score (nSPS) is 11.8. The lowest BCUT2D eigenvalue weighted by atomic mass is 9.97. The van der Waals surface area contributed by atoms with E-state index in [0.717, 1.165) is 10.6 Å². The largest absolute Gasteiger partial charge is 0.352 e. The number of nitrogens with zero attached hydrogens (tertiary/aromatic N) is 3. The van der Waals surface area contributed by atoms with E-state index in [2.05, 4.69) is 25.8 Å². The van der Waals surface area contributed by atoms with Gasteiger partial charge in [0.05, 0.1) is 6.54 Å². The number of aromatic nitrogens is 2. The van der Waals surface area contributed by atoms with Crippen molar-refractivity contribution in [1.29, 1.82) is 0 Å². The average molecular weight is 464 g/mol. The molecule has 1 aromatic heterocycles. The molecule has 0 aliphatic heterocycles. The number of halogens is 2. The zero-order valence-corrected chi connectivity index (χ0v) is 17.3. The summed E-state index contributed by atoms with van der Waals surface area (Å²) in [5.74, 6) is 1.89. The highest BCUT2D eigenvalue weighted by Gasteiger charge is 2.21. The second kappa shape index (κ2) is 9.22. The molecule has 24 heavy (non-hydrogen) atoms. The zero-order chi connectivity index (χ0) is 16.9. The molecule has 2 aromatic rings. The summed E-state index contributed by atoms with van der Waals surface area (Å²) in [6, 6.07) is 7.67. The molecule has 2 rings (SSSR count). The van der Waals surface area contributed by atoms with Crippen LogP contribution >= 0.6 is 35.6 Å². The highest BCUT2D eigenvalue weighted by molar-refractivity contribution is 14.0. The highest BCUT2D eigenvalue weighted by Crippen LogP contribution is 2.19. The minimum Gasteiger partial charge on any atom is -0.352 e. The van der Waals surface area contributed by atoms with Crippen LogP contribution in [-0.4, -0.2) is 23.1 Å². The lowest BCUT2D eigenvalue weighted by molar-refractivity contribution is 0.318. The molecular weight excluding hydrogens is 441 g/mol. The van der Waals surface area contributed by atoms with E-state index in [-0.39, 0.29) is 29.4 Å². The number of guanidine groups is 1. The molecule has 0 bridgehead atoms. The van der Waals surface area contributed by atoms with Crippen LogP contribution in [0.1, 0.15) is 38.0 Å². The maximum atomic E-state index is 5.87. The summed E-state index contributed by atoms with van der Waals surface area (Å²) in [5.41, 5.74) is 0.965. The van der Waals surface area contributed by atoms with Gasteiger partial charge in [-0.05, 0) is 17.7 Å². The SMILES string of the molecule is CN=C(NCc1ccc(Cl)cc1)NCc1noc(C(C)(C)C)n1.I. The van der Waals surface area contributed by atoms with Crippen LogP contribution in [0.3, 0.4) is 0 Å². The van der Waals surface area contributed by atoms with E-state index in [4.69, 9.17) is 16.1 Å². The van der Waals surface area contributed by atoms with Gasteiger partial charge in [0.1, 0.15) is 0 Å². The van der Waals surface area contributed by atoms with Crippen LogP contribution in [0.15, 0.2) is 33.8 Å². The maximum Gasteiger partial charge on any atom is 0.232 e. The van der Waals surface area contributed by atoms with Crippen molar-refractivity contribution < 1.29 is 4.52 Å². The monoisotopic (exact) mass is 463 g/mol. The molecule has 0 aliphatic rings. The minimum atomic E-state index is -0.153. The molecule has 0 saturated carbocycles. The van der Waals surface area contributed by atoms with E-state index in [1.165, 1.54) is 0 Å². The van der Waals surface area contributed by atoms with Gasteiger partial charge in [-0.2, -0.15) is 4.98 Å². The van der Waals surface area contributed by atoms with Crippen molar-refractivity contribution in [2.24, 2.45) is 4.99 Å². The van der Waals surface area contributed by atoms with E-state index < -0.39 is 0 Å². The van der Waals surface area contributed by atoms with E-state index in [1.807, 2.05) is 45.0 Å².